The van der Waals surface area contributed by atoms with Crippen molar-refractivity contribution in [3.8, 4) is 0 Å². The molecule has 134 valence electrons. The van der Waals surface area contributed by atoms with Crippen LogP contribution in [0.2, 0.25) is 0 Å². The molecule has 2 N–H and O–H groups in total. The van der Waals surface area contributed by atoms with E-state index in [1.807, 2.05) is 70.1 Å². The fourth-order valence-corrected chi connectivity index (χ4v) is 2.48. The third kappa shape index (κ3) is 6.58. The Bertz CT molecular complexity index is 715. The number of amides is 1. The van der Waals surface area contributed by atoms with Crippen LogP contribution in [0.15, 0.2) is 35.5 Å². The highest BCUT2D eigenvalue weighted by Crippen LogP contribution is 2.20. The Kier molecular flexibility index (Phi) is 6.19. The van der Waals surface area contributed by atoms with E-state index < -0.39 is 0 Å². The highest BCUT2D eigenvalue weighted by atomic mass is 32.2. The first-order chi connectivity index (χ1) is 11.7. The van der Waals surface area contributed by atoms with Crippen LogP contribution in [0, 0.1) is 0 Å². The van der Waals surface area contributed by atoms with Gasteiger partial charge in [0, 0.05) is 25.3 Å². The SMILES string of the molecule is CN(C)c1nc(NC(C)(C)C)nc(SCC(=O)Nc2ccccc2)n1. The van der Waals surface area contributed by atoms with Gasteiger partial charge in [0.15, 0.2) is 5.16 Å². The number of hydrogen-bond acceptors (Lipinski definition) is 7. The van der Waals surface area contributed by atoms with Gasteiger partial charge in [0.1, 0.15) is 0 Å². The Balaban J connectivity index is 2.06. The quantitative estimate of drug-likeness (QED) is 0.766. The predicted octanol–water partition coefficient (Wildman–Crippen LogP) is 2.88. The maximum Gasteiger partial charge on any atom is 0.234 e. The van der Waals surface area contributed by atoms with Crippen LogP contribution in [0.1, 0.15) is 20.8 Å². The normalized spacial score (nSPS) is 11.1. The zero-order valence-corrected chi connectivity index (χ0v) is 16.0. The molecule has 0 saturated carbocycles. The number of para-hydroxylation sites is 1. The van der Waals surface area contributed by atoms with Gasteiger partial charge >= 0.3 is 0 Å². The molecule has 0 aliphatic heterocycles. The molecule has 1 aromatic heterocycles. The summed E-state index contributed by atoms with van der Waals surface area (Å²) in [6.07, 6.45) is 0. The number of aromatic nitrogens is 3. The summed E-state index contributed by atoms with van der Waals surface area (Å²) in [4.78, 5) is 27.1. The van der Waals surface area contributed by atoms with Crippen molar-refractivity contribution in [3.05, 3.63) is 30.3 Å². The monoisotopic (exact) mass is 360 g/mol. The zero-order valence-electron chi connectivity index (χ0n) is 15.2. The molecule has 0 bridgehead atoms. The molecule has 0 spiro atoms. The van der Waals surface area contributed by atoms with E-state index in [2.05, 4.69) is 25.6 Å². The zero-order chi connectivity index (χ0) is 18.4. The molecule has 0 saturated heterocycles. The molecule has 0 unspecified atom stereocenters. The summed E-state index contributed by atoms with van der Waals surface area (Å²) >= 11 is 1.28. The summed E-state index contributed by atoms with van der Waals surface area (Å²) in [5.74, 6) is 1.17. The lowest BCUT2D eigenvalue weighted by Gasteiger charge is -2.21. The second-order valence-corrected chi connectivity index (χ2v) is 7.66. The van der Waals surface area contributed by atoms with Crippen LogP contribution in [0.4, 0.5) is 17.6 Å². The Hall–Kier alpha value is -2.35. The molecule has 0 aliphatic rings. The number of carbonyl (C=O) groups is 1. The van der Waals surface area contributed by atoms with Gasteiger partial charge in [-0.05, 0) is 32.9 Å². The topological polar surface area (TPSA) is 83.0 Å². The van der Waals surface area contributed by atoms with Crippen molar-refractivity contribution in [3.63, 3.8) is 0 Å². The van der Waals surface area contributed by atoms with Gasteiger partial charge in [-0.25, -0.2) is 0 Å². The van der Waals surface area contributed by atoms with E-state index in [0.29, 0.717) is 17.1 Å². The van der Waals surface area contributed by atoms with E-state index in [4.69, 9.17) is 0 Å². The smallest absolute Gasteiger partial charge is 0.234 e. The van der Waals surface area contributed by atoms with Crippen molar-refractivity contribution in [2.75, 3.05) is 35.4 Å². The van der Waals surface area contributed by atoms with Gasteiger partial charge < -0.3 is 15.5 Å². The Morgan fingerprint density at radius 1 is 1.12 bits per heavy atom. The third-order valence-electron chi connectivity index (χ3n) is 2.88. The number of rotatable bonds is 6. The van der Waals surface area contributed by atoms with Crippen LogP contribution in [-0.2, 0) is 4.79 Å². The first kappa shape index (κ1) is 19.0. The molecular formula is C17H24N6OS. The summed E-state index contributed by atoms with van der Waals surface area (Å²) in [6, 6.07) is 9.36. The molecular weight excluding hydrogens is 336 g/mol. The van der Waals surface area contributed by atoms with Crippen molar-refractivity contribution in [2.45, 2.75) is 31.5 Å². The molecule has 0 fully saturated rings. The van der Waals surface area contributed by atoms with E-state index in [1.54, 1.807) is 0 Å². The minimum Gasteiger partial charge on any atom is -0.349 e. The molecule has 7 nitrogen and oxygen atoms in total. The average Bonchev–Trinajstić information content (AvgIpc) is 2.52. The Morgan fingerprint density at radius 3 is 2.40 bits per heavy atom. The minimum atomic E-state index is -0.169. The standard InChI is InChI=1S/C17H24N6OS/c1-17(2,3)22-14-19-15(23(4)5)21-16(20-14)25-11-13(24)18-12-9-7-6-8-10-12/h6-10H,11H2,1-5H3,(H,18,24)(H,19,20,21,22). The molecule has 0 radical (unpaired) electrons. The first-order valence-electron chi connectivity index (χ1n) is 7.92. The second kappa shape index (κ2) is 8.15. The molecule has 25 heavy (non-hydrogen) atoms. The highest BCUT2D eigenvalue weighted by Gasteiger charge is 2.15. The lowest BCUT2D eigenvalue weighted by Crippen LogP contribution is -2.28. The van der Waals surface area contributed by atoms with Crippen LogP contribution >= 0.6 is 11.8 Å². The van der Waals surface area contributed by atoms with Crippen molar-refractivity contribution in [1.82, 2.24) is 15.0 Å². The number of hydrogen-bond donors (Lipinski definition) is 2. The van der Waals surface area contributed by atoms with Crippen molar-refractivity contribution in [2.24, 2.45) is 0 Å². The van der Waals surface area contributed by atoms with Crippen LogP contribution in [0.3, 0.4) is 0 Å². The van der Waals surface area contributed by atoms with Gasteiger partial charge in [0.2, 0.25) is 17.8 Å². The van der Waals surface area contributed by atoms with Crippen molar-refractivity contribution in [1.29, 1.82) is 0 Å². The van der Waals surface area contributed by atoms with E-state index in [0.717, 1.165) is 5.69 Å². The Morgan fingerprint density at radius 2 is 1.80 bits per heavy atom. The number of thioether (sulfide) groups is 1. The van der Waals surface area contributed by atoms with Gasteiger partial charge in [0.25, 0.3) is 0 Å². The molecule has 0 aliphatic carbocycles. The highest BCUT2D eigenvalue weighted by molar-refractivity contribution is 7.99. The van der Waals surface area contributed by atoms with E-state index >= 15 is 0 Å². The van der Waals surface area contributed by atoms with Crippen LogP contribution < -0.4 is 15.5 Å². The van der Waals surface area contributed by atoms with Crippen molar-refractivity contribution >= 4 is 35.3 Å². The minimum absolute atomic E-state index is 0.103. The van der Waals surface area contributed by atoms with E-state index in [9.17, 15) is 4.79 Å². The number of anilines is 3. The maximum atomic E-state index is 12.1. The lowest BCUT2D eigenvalue weighted by atomic mass is 10.1. The summed E-state index contributed by atoms with van der Waals surface area (Å²) in [7, 11) is 3.74. The van der Waals surface area contributed by atoms with Gasteiger partial charge in [-0.3, -0.25) is 4.79 Å². The number of nitrogens with one attached hydrogen (secondary N) is 2. The van der Waals surface area contributed by atoms with Gasteiger partial charge in [0.05, 0.1) is 5.75 Å². The fraction of sp³-hybridized carbons (Fsp3) is 0.412. The number of carbonyl (C=O) groups excluding carboxylic acids is 1. The van der Waals surface area contributed by atoms with Crippen LogP contribution in [0.25, 0.3) is 0 Å². The average molecular weight is 360 g/mol. The molecule has 8 heteroatoms. The third-order valence-corrected chi connectivity index (χ3v) is 3.73. The largest absolute Gasteiger partial charge is 0.349 e. The molecule has 0 atom stereocenters. The van der Waals surface area contributed by atoms with Crippen molar-refractivity contribution < 1.29 is 4.79 Å². The predicted molar refractivity (Wildman–Crippen MR) is 103 cm³/mol. The van der Waals surface area contributed by atoms with Crippen LogP contribution in [-0.4, -0.2) is 46.2 Å². The first-order valence-corrected chi connectivity index (χ1v) is 8.91. The Labute approximate surface area is 152 Å². The number of nitrogens with zero attached hydrogens (tertiary/aromatic N) is 4. The summed E-state index contributed by atoms with van der Waals surface area (Å²) in [5, 5.41) is 6.59. The summed E-state index contributed by atoms with van der Waals surface area (Å²) < 4.78 is 0. The summed E-state index contributed by atoms with van der Waals surface area (Å²) in [5.41, 5.74) is 0.602. The van der Waals surface area contributed by atoms with Gasteiger partial charge in [-0.1, -0.05) is 30.0 Å². The lowest BCUT2D eigenvalue weighted by molar-refractivity contribution is -0.113. The van der Waals surface area contributed by atoms with Gasteiger partial charge in [-0.15, -0.1) is 0 Å². The van der Waals surface area contributed by atoms with E-state index in [-0.39, 0.29) is 17.2 Å². The second-order valence-electron chi connectivity index (χ2n) is 6.71. The maximum absolute atomic E-state index is 12.1. The van der Waals surface area contributed by atoms with E-state index in [1.165, 1.54) is 11.8 Å². The summed E-state index contributed by atoms with van der Waals surface area (Å²) in [6.45, 7) is 6.10. The molecule has 2 aromatic rings. The number of benzene rings is 1. The molecule has 2 rings (SSSR count). The molecule has 1 aromatic carbocycles. The van der Waals surface area contributed by atoms with Crippen LogP contribution in [0.5, 0.6) is 0 Å². The van der Waals surface area contributed by atoms with Gasteiger partial charge in [-0.2, -0.15) is 15.0 Å². The molecule has 1 heterocycles. The molecule has 1 amide bonds. The fourth-order valence-electron chi connectivity index (χ4n) is 1.85.